The van der Waals surface area contributed by atoms with Crippen molar-refractivity contribution in [2.45, 2.75) is 70.0 Å². The van der Waals surface area contributed by atoms with E-state index in [1.165, 1.54) is 18.6 Å². The monoisotopic (exact) mass is 482 g/mol. The molecule has 1 aromatic heterocycles. The van der Waals surface area contributed by atoms with E-state index in [1.54, 1.807) is 32.3 Å². The number of hydrogen-bond acceptors (Lipinski definition) is 5. The van der Waals surface area contributed by atoms with Gasteiger partial charge in [0.25, 0.3) is 0 Å². The minimum absolute atomic E-state index is 0.00568. The second kappa shape index (κ2) is 11.6. The summed E-state index contributed by atoms with van der Waals surface area (Å²) in [6.45, 7) is 2.46. The van der Waals surface area contributed by atoms with Crippen LogP contribution in [0, 0.1) is 11.7 Å². The first kappa shape index (κ1) is 25.1. The third-order valence-corrected chi connectivity index (χ3v) is 7.23. The minimum atomic E-state index is -0.518. The molecule has 2 heterocycles. The maximum absolute atomic E-state index is 13.9. The van der Waals surface area contributed by atoms with Crippen molar-refractivity contribution in [1.82, 2.24) is 20.5 Å². The van der Waals surface area contributed by atoms with Gasteiger partial charge in [0.1, 0.15) is 17.6 Å². The number of hydrogen-bond donors (Lipinski definition) is 2. The average molecular weight is 483 g/mol. The number of likely N-dealkylation sites (tertiary alicyclic amines) is 1. The van der Waals surface area contributed by atoms with Gasteiger partial charge in [-0.15, -0.1) is 0 Å². The van der Waals surface area contributed by atoms with Crippen LogP contribution in [0.3, 0.4) is 0 Å². The summed E-state index contributed by atoms with van der Waals surface area (Å²) in [4.78, 5) is 32.8. The summed E-state index contributed by atoms with van der Waals surface area (Å²) in [5.74, 6) is 0.561. The van der Waals surface area contributed by atoms with E-state index in [-0.39, 0.29) is 35.6 Å². The molecule has 0 spiro atoms. The summed E-state index contributed by atoms with van der Waals surface area (Å²) in [5.41, 5.74) is 0.945. The van der Waals surface area contributed by atoms with Crippen LogP contribution in [0.4, 0.5) is 4.39 Å². The first-order chi connectivity index (χ1) is 17.0. The van der Waals surface area contributed by atoms with Gasteiger partial charge in [-0.25, -0.2) is 9.37 Å². The number of rotatable bonds is 8. The Hall–Kier alpha value is -3.00. The number of ether oxygens (including phenoxy) is 1. The maximum Gasteiger partial charge on any atom is 0.245 e. The minimum Gasteiger partial charge on any atom is -0.439 e. The molecular formula is C27H35FN4O3. The summed E-state index contributed by atoms with van der Waals surface area (Å²) in [6, 6.07) is 8.55. The van der Waals surface area contributed by atoms with E-state index in [9.17, 15) is 14.0 Å². The van der Waals surface area contributed by atoms with E-state index in [2.05, 4.69) is 15.6 Å². The van der Waals surface area contributed by atoms with Gasteiger partial charge < -0.3 is 20.3 Å². The molecule has 4 rings (SSSR count). The Morgan fingerprint density at radius 3 is 2.54 bits per heavy atom. The number of benzene rings is 1. The molecule has 2 amide bonds. The molecule has 0 radical (unpaired) electrons. The number of halogens is 1. The lowest BCUT2D eigenvalue weighted by Crippen LogP contribution is -2.55. The smallest absolute Gasteiger partial charge is 0.245 e. The lowest BCUT2D eigenvalue weighted by molar-refractivity contribution is -0.139. The van der Waals surface area contributed by atoms with E-state index in [4.69, 9.17) is 4.74 Å². The highest BCUT2D eigenvalue weighted by atomic mass is 19.1. The SMILES string of the molecule is CNC(C)C(=O)N[C@H](C(=O)N1CCCC1c1ccnc(Oc2ccc(F)cc2)c1)C1CCCCC1. The van der Waals surface area contributed by atoms with Crippen LogP contribution >= 0.6 is 0 Å². The molecule has 1 aromatic carbocycles. The highest BCUT2D eigenvalue weighted by Crippen LogP contribution is 2.36. The van der Waals surface area contributed by atoms with Gasteiger partial charge in [0, 0.05) is 18.8 Å². The number of carbonyl (C=O) groups excluding carboxylic acids is 2. The van der Waals surface area contributed by atoms with Crippen LogP contribution in [0.25, 0.3) is 0 Å². The molecule has 0 bridgehead atoms. The van der Waals surface area contributed by atoms with Crippen molar-refractivity contribution in [1.29, 1.82) is 0 Å². The number of carbonyl (C=O) groups is 2. The van der Waals surface area contributed by atoms with Crippen LogP contribution in [-0.2, 0) is 9.59 Å². The number of nitrogens with one attached hydrogen (secondary N) is 2. The van der Waals surface area contributed by atoms with E-state index in [1.807, 2.05) is 17.0 Å². The van der Waals surface area contributed by atoms with Crippen LogP contribution in [-0.4, -0.2) is 47.4 Å². The molecule has 3 atom stereocenters. The zero-order valence-corrected chi connectivity index (χ0v) is 20.5. The molecule has 35 heavy (non-hydrogen) atoms. The fourth-order valence-electron chi connectivity index (χ4n) is 5.13. The zero-order valence-electron chi connectivity index (χ0n) is 20.5. The third-order valence-electron chi connectivity index (χ3n) is 7.23. The van der Waals surface area contributed by atoms with Crippen LogP contribution in [0.2, 0.25) is 0 Å². The largest absolute Gasteiger partial charge is 0.439 e. The number of pyridine rings is 1. The summed E-state index contributed by atoms with van der Waals surface area (Å²) in [7, 11) is 1.74. The normalized spacial score (nSPS) is 20.3. The number of amides is 2. The van der Waals surface area contributed by atoms with Crippen molar-refractivity contribution in [3.8, 4) is 11.6 Å². The highest BCUT2D eigenvalue weighted by Gasteiger charge is 2.39. The number of likely N-dealkylation sites (N-methyl/N-ethyl adjacent to an activating group) is 1. The van der Waals surface area contributed by atoms with Crippen LogP contribution in [0.1, 0.15) is 63.5 Å². The lowest BCUT2D eigenvalue weighted by atomic mass is 9.83. The van der Waals surface area contributed by atoms with Crippen molar-refractivity contribution in [2.75, 3.05) is 13.6 Å². The molecule has 2 unspecified atom stereocenters. The molecule has 2 aromatic rings. The summed E-state index contributed by atoms with van der Waals surface area (Å²) in [5, 5.41) is 6.04. The Balaban J connectivity index is 1.53. The van der Waals surface area contributed by atoms with Crippen LogP contribution < -0.4 is 15.4 Å². The van der Waals surface area contributed by atoms with E-state index in [0.717, 1.165) is 44.1 Å². The zero-order chi connectivity index (χ0) is 24.8. The molecule has 188 valence electrons. The Morgan fingerprint density at radius 2 is 1.83 bits per heavy atom. The number of aromatic nitrogens is 1. The van der Waals surface area contributed by atoms with Crippen molar-refractivity contribution in [2.24, 2.45) is 5.92 Å². The van der Waals surface area contributed by atoms with Gasteiger partial charge in [0.15, 0.2) is 0 Å². The Kier molecular flexibility index (Phi) is 8.33. The van der Waals surface area contributed by atoms with Crippen molar-refractivity contribution in [3.63, 3.8) is 0 Å². The van der Waals surface area contributed by atoms with Gasteiger partial charge in [0.05, 0.1) is 12.1 Å². The van der Waals surface area contributed by atoms with Gasteiger partial charge in [0.2, 0.25) is 17.7 Å². The molecular weight excluding hydrogens is 447 g/mol. The molecule has 7 nitrogen and oxygen atoms in total. The fraction of sp³-hybridized carbons (Fsp3) is 0.519. The topological polar surface area (TPSA) is 83.6 Å². The van der Waals surface area contributed by atoms with Gasteiger partial charge >= 0.3 is 0 Å². The Labute approximate surface area is 206 Å². The second-order valence-electron chi connectivity index (χ2n) is 9.57. The van der Waals surface area contributed by atoms with E-state index >= 15 is 0 Å². The lowest BCUT2D eigenvalue weighted by Gasteiger charge is -2.35. The van der Waals surface area contributed by atoms with Crippen LogP contribution in [0.15, 0.2) is 42.6 Å². The molecule has 1 aliphatic carbocycles. The van der Waals surface area contributed by atoms with Gasteiger partial charge in [-0.3, -0.25) is 9.59 Å². The molecule has 2 aliphatic rings. The fourth-order valence-corrected chi connectivity index (χ4v) is 5.13. The summed E-state index contributed by atoms with van der Waals surface area (Å²) < 4.78 is 19.0. The molecule has 1 saturated carbocycles. The standard InChI is InChI=1S/C27H35FN4O3/c1-18(29-2)26(33)31-25(19-7-4-3-5-8-19)27(34)32-16-6-9-23(32)20-14-15-30-24(17-20)35-22-12-10-21(28)11-13-22/h10-15,17-19,23,25,29H,3-9,16H2,1-2H3,(H,31,33)/t18?,23?,25-/m0/s1. The second-order valence-corrected chi connectivity index (χ2v) is 9.57. The summed E-state index contributed by atoms with van der Waals surface area (Å²) >= 11 is 0. The highest BCUT2D eigenvalue weighted by molar-refractivity contribution is 5.90. The first-order valence-electron chi connectivity index (χ1n) is 12.6. The van der Waals surface area contributed by atoms with Gasteiger partial charge in [-0.2, -0.15) is 0 Å². The van der Waals surface area contributed by atoms with Crippen LogP contribution in [0.5, 0.6) is 11.6 Å². The Morgan fingerprint density at radius 1 is 1.09 bits per heavy atom. The Bertz CT molecular complexity index is 1010. The summed E-state index contributed by atoms with van der Waals surface area (Å²) in [6.07, 6.45) is 8.66. The van der Waals surface area contributed by atoms with Crippen molar-refractivity contribution >= 4 is 11.8 Å². The van der Waals surface area contributed by atoms with E-state index < -0.39 is 6.04 Å². The molecule has 1 aliphatic heterocycles. The number of nitrogens with zero attached hydrogens (tertiary/aromatic N) is 2. The quantitative estimate of drug-likeness (QED) is 0.585. The molecule has 1 saturated heterocycles. The maximum atomic E-state index is 13.9. The van der Waals surface area contributed by atoms with Crippen molar-refractivity contribution < 1.29 is 18.7 Å². The molecule has 8 heteroatoms. The van der Waals surface area contributed by atoms with E-state index in [0.29, 0.717) is 18.2 Å². The third kappa shape index (κ3) is 6.17. The van der Waals surface area contributed by atoms with Crippen molar-refractivity contribution in [3.05, 3.63) is 54.0 Å². The first-order valence-corrected chi connectivity index (χ1v) is 12.6. The predicted molar refractivity (Wildman–Crippen MR) is 131 cm³/mol. The molecule has 2 fully saturated rings. The predicted octanol–water partition coefficient (Wildman–Crippen LogP) is 4.35. The van der Waals surface area contributed by atoms with Gasteiger partial charge in [-0.05, 0) is 81.5 Å². The average Bonchev–Trinajstić information content (AvgIpc) is 3.38. The van der Waals surface area contributed by atoms with Gasteiger partial charge in [-0.1, -0.05) is 19.3 Å². The molecule has 2 N–H and O–H groups in total.